The summed E-state index contributed by atoms with van der Waals surface area (Å²) in [6.07, 6.45) is 4.45. The molecule has 0 atom stereocenters. The van der Waals surface area contributed by atoms with E-state index in [1.54, 1.807) is 26.2 Å². The summed E-state index contributed by atoms with van der Waals surface area (Å²) in [7, 11) is 3.24. The van der Waals surface area contributed by atoms with Gasteiger partial charge in [-0.3, -0.25) is 19.2 Å². The van der Waals surface area contributed by atoms with Crippen LogP contribution in [0, 0.1) is 10.1 Å². The maximum absolute atomic E-state index is 12.2. The van der Waals surface area contributed by atoms with Gasteiger partial charge in [-0.2, -0.15) is 0 Å². The molecule has 0 spiro atoms. The van der Waals surface area contributed by atoms with Crippen LogP contribution in [0.4, 0.5) is 16.2 Å². The first-order valence-corrected chi connectivity index (χ1v) is 8.22. The van der Waals surface area contributed by atoms with Crippen LogP contribution in [0.1, 0.15) is 32.6 Å². The molecule has 0 aliphatic carbocycles. The van der Waals surface area contributed by atoms with Crippen molar-refractivity contribution in [3.05, 3.63) is 34.4 Å². The van der Waals surface area contributed by atoms with Gasteiger partial charge in [0.15, 0.2) is 0 Å². The first-order chi connectivity index (χ1) is 11.0. The van der Waals surface area contributed by atoms with Gasteiger partial charge in [-0.15, -0.1) is 0 Å². The number of nitro groups is 1. The van der Waals surface area contributed by atoms with E-state index in [-0.39, 0.29) is 11.7 Å². The van der Waals surface area contributed by atoms with Crippen molar-refractivity contribution in [2.45, 2.75) is 32.6 Å². The van der Waals surface area contributed by atoms with Gasteiger partial charge in [-0.1, -0.05) is 26.2 Å². The summed E-state index contributed by atoms with van der Waals surface area (Å²) >= 11 is 1.01. The summed E-state index contributed by atoms with van der Waals surface area (Å²) < 4.78 is 6.80. The largest absolute Gasteiger partial charge is 0.335 e. The van der Waals surface area contributed by atoms with Crippen LogP contribution in [0.15, 0.2) is 24.3 Å². The van der Waals surface area contributed by atoms with Crippen molar-refractivity contribution in [2.75, 3.05) is 25.6 Å². The molecule has 0 bridgehead atoms. The Bertz CT molecular complexity index is 510. The van der Waals surface area contributed by atoms with Gasteiger partial charge in [0.25, 0.3) is 5.69 Å². The molecule has 0 aliphatic rings. The fourth-order valence-corrected chi connectivity index (χ4v) is 2.39. The van der Waals surface area contributed by atoms with E-state index in [4.69, 9.17) is 4.18 Å². The van der Waals surface area contributed by atoms with E-state index in [1.807, 2.05) is 0 Å². The number of nitro benzene ring substituents is 1. The number of non-ortho nitro benzene ring substituents is 1. The van der Waals surface area contributed by atoms with Crippen LogP contribution in [0.2, 0.25) is 0 Å². The lowest BCUT2D eigenvalue weighted by Crippen LogP contribution is -2.35. The summed E-state index contributed by atoms with van der Waals surface area (Å²) in [5, 5.41) is 10.6. The number of nitrogens with zero attached hydrogens (tertiary/aromatic N) is 3. The normalized spacial score (nSPS) is 10.4. The van der Waals surface area contributed by atoms with Crippen molar-refractivity contribution >= 4 is 29.6 Å². The molecule has 23 heavy (non-hydrogen) atoms. The third-order valence-corrected chi connectivity index (χ3v) is 3.90. The maximum atomic E-state index is 12.2. The predicted molar refractivity (Wildman–Crippen MR) is 92.3 cm³/mol. The summed E-state index contributed by atoms with van der Waals surface area (Å²) in [4.78, 5) is 23.8. The highest BCUT2D eigenvalue weighted by molar-refractivity contribution is 7.92. The third kappa shape index (κ3) is 6.45. The Morgan fingerprint density at radius 3 is 2.43 bits per heavy atom. The van der Waals surface area contributed by atoms with Crippen molar-refractivity contribution in [2.24, 2.45) is 0 Å². The molecule has 0 saturated carbocycles. The van der Waals surface area contributed by atoms with E-state index in [9.17, 15) is 14.9 Å². The summed E-state index contributed by atoms with van der Waals surface area (Å²) in [5.74, 6) is 0. The Morgan fingerprint density at radius 1 is 1.22 bits per heavy atom. The van der Waals surface area contributed by atoms with Gasteiger partial charge in [0.05, 0.1) is 11.5 Å². The Hall–Kier alpha value is -1.80. The highest BCUT2D eigenvalue weighted by Gasteiger charge is 2.17. The second-order valence-corrected chi connectivity index (χ2v) is 6.00. The first-order valence-electron chi connectivity index (χ1n) is 7.52. The van der Waals surface area contributed by atoms with E-state index in [0.717, 1.165) is 25.1 Å². The van der Waals surface area contributed by atoms with Gasteiger partial charge in [-0.05, 0) is 18.6 Å². The number of carbonyl (C=O) groups is 1. The number of urea groups is 1. The number of amides is 2. The topological polar surface area (TPSA) is 75.9 Å². The summed E-state index contributed by atoms with van der Waals surface area (Å²) in [5.41, 5.74) is 0.573. The van der Waals surface area contributed by atoms with E-state index >= 15 is 0 Å². The van der Waals surface area contributed by atoms with Crippen LogP contribution in [0.3, 0.4) is 0 Å². The SMILES string of the molecule is CCCCCCOSN(C)C(=O)N(C)c1ccc([N+](=O)[O-])cc1. The van der Waals surface area contributed by atoms with Crippen molar-refractivity contribution in [1.82, 2.24) is 4.31 Å². The van der Waals surface area contributed by atoms with Crippen LogP contribution >= 0.6 is 12.2 Å². The van der Waals surface area contributed by atoms with E-state index < -0.39 is 4.92 Å². The third-order valence-electron chi connectivity index (χ3n) is 3.25. The molecule has 0 radical (unpaired) electrons. The standard InChI is InChI=1S/C15H23N3O4S/c1-4-5-6-7-12-22-23-17(3)15(19)16(2)13-8-10-14(11-9-13)18(20)21/h8-11H,4-7,12H2,1-3H3. The van der Waals surface area contributed by atoms with Crippen LogP contribution in [0.25, 0.3) is 0 Å². The lowest BCUT2D eigenvalue weighted by atomic mass is 10.2. The summed E-state index contributed by atoms with van der Waals surface area (Å²) in [6.45, 7) is 2.75. The second-order valence-electron chi connectivity index (χ2n) is 5.07. The van der Waals surface area contributed by atoms with Gasteiger partial charge < -0.3 is 0 Å². The molecule has 128 valence electrons. The number of benzene rings is 1. The molecular formula is C15H23N3O4S. The maximum Gasteiger partial charge on any atom is 0.335 e. The predicted octanol–water partition coefficient (Wildman–Crippen LogP) is 4.24. The molecule has 8 heteroatoms. The lowest BCUT2D eigenvalue weighted by molar-refractivity contribution is -0.384. The highest BCUT2D eigenvalue weighted by Crippen LogP contribution is 2.21. The van der Waals surface area contributed by atoms with Crippen LogP contribution in [-0.2, 0) is 4.18 Å². The Balaban J connectivity index is 2.43. The zero-order chi connectivity index (χ0) is 17.2. The van der Waals surface area contributed by atoms with Gasteiger partial charge in [0.2, 0.25) is 0 Å². The Labute approximate surface area is 141 Å². The fraction of sp³-hybridized carbons (Fsp3) is 0.533. The van der Waals surface area contributed by atoms with E-state index in [2.05, 4.69) is 6.92 Å². The van der Waals surface area contributed by atoms with Crippen molar-refractivity contribution in [3.63, 3.8) is 0 Å². The fourth-order valence-electron chi connectivity index (χ4n) is 1.86. The molecule has 1 aromatic rings. The van der Waals surface area contributed by atoms with E-state index in [0.29, 0.717) is 12.3 Å². The highest BCUT2D eigenvalue weighted by atomic mass is 32.2. The number of hydrogen-bond acceptors (Lipinski definition) is 5. The minimum absolute atomic E-state index is 0.00672. The molecule has 2 amide bonds. The second kappa shape index (κ2) is 10.1. The van der Waals surface area contributed by atoms with Crippen molar-refractivity contribution in [3.8, 4) is 0 Å². The minimum Gasteiger partial charge on any atom is -0.297 e. The number of carbonyl (C=O) groups excluding carboxylic acids is 1. The monoisotopic (exact) mass is 341 g/mol. The quantitative estimate of drug-likeness (QED) is 0.221. The molecule has 0 aliphatic heterocycles. The average Bonchev–Trinajstić information content (AvgIpc) is 2.56. The molecule has 0 fully saturated rings. The molecular weight excluding hydrogens is 318 g/mol. The number of hydrogen-bond donors (Lipinski definition) is 0. The van der Waals surface area contributed by atoms with Gasteiger partial charge in [0, 0.05) is 31.9 Å². The summed E-state index contributed by atoms with van der Waals surface area (Å²) in [6, 6.07) is 5.56. The van der Waals surface area contributed by atoms with Crippen LogP contribution in [-0.4, -0.2) is 36.0 Å². The molecule has 0 aromatic heterocycles. The van der Waals surface area contributed by atoms with Gasteiger partial charge >= 0.3 is 6.03 Å². The van der Waals surface area contributed by atoms with Gasteiger partial charge in [0.1, 0.15) is 12.2 Å². The number of rotatable bonds is 9. The zero-order valence-corrected chi connectivity index (χ0v) is 14.5. The van der Waals surface area contributed by atoms with Crippen molar-refractivity contribution in [1.29, 1.82) is 0 Å². The Morgan fingerprint density at radius 2 is 1.87 bits per heavy atom. The smallest absolute Gasteiger partial charge is 0.297 e. The molecule has 0 unspecified atom stereocenters. The Kier molecular flexibility index (Phi) is 8.42. The molecule has 1 rings (SSSR count). The minimum atomic E-state index is -0.472. The number of anilines is 1. The molecule has 0 N–H and O–H groups in total. The number of unbranched alkanes of at least 4 members (excludes halogenated alkanes) is 3. The van der Waals surface area contributed by atoms with Crippen LogP contribution < -0.4 is 4.90 Å². The molecule has 0 saturated heterocycles. The zero-order valence-electron chi connectivity index (χ0n) is 13.7. The van der Waals surface area contributed by atoms with Gasteiger partial charge in [-0.25, -0.2) is 9.10 Å². The molecule has 0 heterocycles. The van der Waals surface area contributed by atoms with Crippen molar-refractivity contribution < 1.29 is 13.9 Å². The molecule has 7 nitrogen and oxygen atoms in total. The first kappa shape index (κ1) is 19.2. The molecule has 1 aromatic carbocycles. The average molecular weight is 341 g/mol. The lowest BCUT2D eigenvalue weighted by Gasteiger charge is -2.23. The van der Waals surface area contributed by atoms with Crippen LogP contribution in [0.5, 0.6) is 0 Å². The van der Waals surface area contributed by atoms with E-state index in [1.165, 1.54) is 34.2 Å².